The van der Waals surface area contributed by atoms with Gasteiger partial charge in [-0.3, -0.25) is 9.69 Å². The minimum Gasteiger partial charge on any atom is -0.467 e. The summed E-state index contributed by atoms with van der Waals surface area (Å²) in [5, 5.41) is 13.7. The summed E-state index contributed by atoms with van der Waals surface area (Å²) in [5.74, 6) is 1.73. The second-order valence-electron chi connectivity index (χ2n) is 10.1. The number of tetrazole rings is 1. The molecule has 0 bridgehead atoms. The first-order chi connectivity index (χ1) is 17.4. The van der Waals surface area contributed by atoms with Crippen molar-refractivity contribution < 1.29 is 9.15 Å². The molecular weight excluding hydrogens is 456 g/mol. The zero-order valence-electron chi connectivity index (χ0n) is 21.4. The summed E-state index contributed by atoms with van der Waals surface area (Å²) in [4.78, 5) is 18.7. The standard InChI is InChI=1S/C27H34N6O3/c1-17(2)25(26-29-30-31-33(26)16-23-8-6-12-36-23)32(15-22-7-5-11-35-22)14-21-13-20-10-9-18(3)19(4)24(20)28-27(21)34/h6,8-10,12-13,17,22,25H,5,7,11,14-16H2,1-4H3,(H,28,34)/t22-,25+/m1/s1. The van der Waals surface area contributed by atoms with E-state index in [1.165, 1.54) is 0 Å². The van der Waals surface area contributed by atoms with Crippen molar-refractivity contribution in [3.63, 3.8) is 0 Å². The summed E-state index contributed by atoms with van der Waals surface area (Å²) in [6.07, 6.45) is 3.82. The van der Waals surface area contributed by atoms with Crippen LogP contribution in [0.3, 0.4) is 0 Å². The second kappa shape index (κ2) is 10.4. The first-order valence-electron chi connectivity index (χ1n) is 12.7. The van der Waals surface area contributed by atoms with Gasteiger partial charge in [0.1, 0.15) is 12.3 Å². The van der Waals surface area contributed by atoms with Crippen molar-refractivity contribution in [3.8, 4) is 0 Å². The molecule has 0 aliphatic carbocycles. The van der Waals surface area contributed by atoms with Crippen molar-refractivity contribution >= 4 is 10.9 Å². The number of ether oxygens (including phenoxy) is 1. The number of hydrogen-bond acceptors (Lipinski definition) is 7. The number of aromatic nitrogens is 5. The molecule has 0 radical (unpaired) electrons. The van der Waals surface area contributed by atoms with Crippen LogP contribution >= 0.6 is 0 Å². The van der Waals surface area contributed by atoms with Gasteiger partial charge in [-0.25, -0.2) is 4.68 Å². The Kier molecular flexibility index (Phi) is 7.02. The molecule has 0 unspecified atom stereocenters. The maximum absolute atomic E-state index is 13.3. The van der Waals surface area contributed by atoms with Crippen LogP contribution in [0.25, 0.3) is 10.9 Å². The van der Waals surface area contributed by atoms with Crippen molar-refractivity contribution in [2.24, 2.45) is 5.92 Å². The van der Waals surface area contributed by atoms with E-state index in [0.29, 0.717) is 19.6 Å². The van der Waals surface area contributed by atoms with Gasteiger partial charge in [-0.2, -0.15) is 0 Å². The molecule has 1 aromatic carbocycles. The van der Waals surface area contributed by atoms with E-state index in [1.807, 2.05) is 25.1 Å². The Morgan fingerprint density at radius 1 is 1.25 bits per heavy atom. The number of furan rings is 1. The number of aryl methyl sites for hydroxylation is 2. The lowest BCUT2D eigenvalue weighted by Gasteiger charge is -2.35. The predicted octanol–water partition coefficient (Wildman–Crippen LogP) is 4.15. The molecule has 0 saturated carbocycles. The number of hydrogen-bond donors (Lipinski definition) is 1. The monoisotopic (exact) mass is 490 g/mol. The molecule has 5 rings (SSSR count). The van der Waals surface area contributed by atoms with Crippen molar-refractivity contribution in [1.82, 2.24) is 30.1 Å². The van der Waals surface area contributed by atoms with Crippen LogP contribution in [0.1, 0.15) is 61.0 Å². The third kappa shape index (κ3) is 4.99. The Hall–Kier alpha value is -3.30. The molecule has 0 amide bonds. The highest BCUT2D eigenvalue weighted by Gasteiger charge is 2.32. The Labute approximate surface area is 210 Å². The average Bonchev–Trinajstić information content (AvgIpc) is 3.62. The highest BCUT2D eigenvalue weighted by molar-refractivity contribution is 5.83. The van der Waals surface area contributed by atoms with E-state index in [2.05, 4.69) is 58.3 Å². The van der Waals surface area contributed by atoms with Crippen molar-refractivity contribution in [3.05, 3.63) is 75.2 Å². The predicted molar refractivity (Wildman–Crippen MR) is 137 cm³/mol. The maximum Gasteiger partial charge on any atom is 0.252 e. The number of aromatic amines is 1. The molecule has 3 aromatic heterocycles. The Balaban J connectivity index is 1.52. The van der Waals surface area contributed by atoms with Crippen LogP contribution in [0.4, 0.5) is 0 Å². The van der Waals surface area contributed by atoms with Gasteiger partial charge in [0.25, 0.3) is 5.56 Å². The maximum atomic E-state index is 13.3. The lowest BCUT2D eigenvalue weighted by atomic mass is 9.99. The van der Waals surface area contributed by atoms with Gasteiger partial charge in [0, 0.05) is 25.3 Å². The second-order valence-corrected chi connectivity index (χ2v) is 10.1. The molecule has 36 heavy (non-hydrogen) atoms. The van der Waals surface area contributed by atoms with Crippen LogP contribution in [0.5, 0.6) is 0 Å². The van der Waals surface area contributed by atoms with Crippen LogP contribution in [-0.4, -0.2) is 49.3 Å². The van der Waals surface area contributed by atoms with Gasteiger partial charge in [-0.1, -0.05) is 26.0 Å². The van der Waals surface area contributed by atoms with Gasteiger partial charge in [0.2, 0.25) is 0 Å². The number of rotatable bonds is 9. The molecule has 9 nitrogen and oxygen atoms in total. The highest BCUT2D eigenvalue weighted by Crippen LogP contribution is 2.31. The first-order valence-corrected chi connectivity index (χ1v) is 12.7. The van der Waals surface area contributed by atoms with Crippen LogP contribution in [0.15, 0.2) is 45.8 Å². The molecule has 9 heteroatoms. The van der Waals surface area contributed by atoms with Gasteiger partial charge in [0.05, 0.1) is 23.9 Å². The number of H-pyrrole nitrogens is 1. The van der Waals surface area contributed by atoms with Crippen LogP contribution < -0.4 is 5.56 Å². The molecule has 4 aromatic rings. The van der Waals surface area contributed by atoms with Gasteiger partial charge in [-0.05, 0) is 77.7 Å². The topological polar surface area (TPSA) is 102 Å². The smallest absolute Gasteiger partial charge is 0.252 e. The summed E-state index contributed by atoms with van der Waals surface area (Å²) in [6, 6.07) is 9.85. The molecular formula is C27H34N6O3. The van der Waals surface area contributed by atoms with Crippen molar-refractivity contribution in [1.29, 1.82) is 0 Å². The fourth-order valence-corrected chi connectivity index (χ4v) is 5.20. The molecule has 190 valence electrons. The van der Waals surface area contributed by atoms with Crippen molar-refractivity contribution in [2.45, 2.75) is 65.8 Å². The third-order valence-corrected chi connectivity index (χ3v) is 7.20. The molecule has 0 spiro atoms. The Morgan fingerprint density at radius 2 is 2.11 bits per heavy atom. The van der Waals surface area contributed by atoms with Gasteiger partial charge in [-0.15, -0.1) is 5.10 Å². The summed E-state index contributed by atoms with van der Waals surface area (Å²) < 4.78 is 13.4. The van der Waals surface area contributed by atoms with Crippen LogP contribution in [0.2, 0.25) is 0 Å². The van der Waals surface area contributed by atoms with E-state index in [9.17, 15) is 4.79 Å². The first kappa shape index (κ1) is 24.4. The average molecular weight is 491 g/mol. The minimum absolute atomic E-state index is 0.0637. The van der Waals surface area contributed by atoms with Gasteiger partial charge >= 0.3 is 0 Å². The summed E-state index contributed by atoms with van der Waals surface area (Å²) >= 11 is 0. The quantitative estimate of drug-likeness (QED) is 0.376. The summed E-state index contributed by atoms with van der Waals surface area (Å²) in [6.45, 7) is 10.8. The molecule has 1 saturated heterocycles. The fourth-order valence-electron chi connectivity index (χ4n) is 5.20. The molecule has 1 aliphatic rings. The number of fused-ring (bicyclic) bond motifs is 1. The Morgan fingerprint density at radius 3 is 2.83 bits per heavy atom. The van der Waals surface area contributed by atoms with E-state index in [1.54, 1.807) is 10.9 Å². The largest absolute Gasteiger partial charge is 0.467 e. The zero-order chi connectivity index (χ0) is 25.2. The summed E-state index contributed by atoms with van der Waals surface area (Å²) in [7, 11) is 0. The normalized spacial score (nSPS) is 17.0. The van der Waals surface area contributed by atoms with Crippen molar-refractivity contribution in [2.75, 3.05) is 13.2 Å². The van der Waals surface area contributed by atoms with Crippen LogP contribution in [-0.2, 0) is 17.8 Å². The van der Waals surface area contributed by atoms with E-state index >= 15 is 0 Å². The highest BCUT2D eigenvalue weighted by atomic mass is 16.5. The lowest BCUT2D eigenvalue weighted by molar-refractivity contribution is 0.0384. The molecule has 1 fully saturated rings. The molecule has 1 N–H and O–H groups in total. The number of nitrogens with zero attached hydrogens (tertiary/aromatic N) is 5. The number of nitrogens with one attached hydrogen (secondary N) is 1. The van der Waals surface area contributed by atoms with Gasteiger partial charge < -0.3 is 14.1 Å². The van der Waals surface area contributed by atoms with Gasteiger partial charge in [0.15, 0.2) is 5.82 Å². The number of pyridine rings is 1. The Bertz CT molecular complexity index is 1370. The zero-order valence-corrected chi connectivity index (χ0v) is 21.4. The number of benzene rings is 1. The van der Waals surface area contributed by atoms with E-state index < -0.39 is 0 Å². The molecule has 4 heterocycles. The SMILES string of the molecule is Cc1ccc2cc(CN(C[C@H]3CCCO3)[C@H](c3nnnn3Cc3ccco3)C(C)C)c(=O)[nH]c2c1C. The minimum atomic E-state index is -0.117. The van der Waals surface area contributed by atoms with E-state index in [-0.39, 0.29) is 23.6 Å². The van der Waals surface area contributed by atoms with E-state index in [0.717, 1.165) is 58.6 Å². The summed E-state index contributed by atoms with van der Waals surface area (Å²) in [5.41, 5.74) is 3.82. The molecule has 1 aliphatic heterocycles. The van der Waals surface area contributed by atoms with Crippen LogP contribution in [0, 0.1) is 19.8 Å². The molecule has 2 atom stereocenters. The fraction of sp³-hybridized carbons (Fsp3) is 0.481. The van der Waals surface area contributed by atoms with E-state index in [4.69, 9.17) is 9.15 Å². The third-order valence-electron chi connectivity index (χ3n) is 7.20. The lowest BCUT2D eigenvalue weighted by Crippen LogP contribution is -2.40.